The minimum Gasteiger partial charge on any atom is -0.368 e. The first-order valence-corrected chi connectivity index (χ1v) is 8.20. The van der Waals surface area contributed by atoms with E-state index in [9.17, 15) is 0 Å². The molecule has 2 rings (SSSR count). The molecule has 0 amide bonds. The molecule has 2 nitrogen and oxygen atoms in total. The fourth-order valence-electron chi connectivity index (χ4n) is 2.16. The van der Waals surface area contributed by atoms with Crippen LogP contribution in [0, 0.1) is 0 Å². The molecule has 112 valence electrons. The summed E-state index contributed by atoms with van der Waals surface area (Å²) in [7, 11) is 0. The number of rotatable bonds is 8. The highest BCUT2D eigenvalue weighted by molar-refractivity contribution is 9.10. The highest BCUT2D eigenvalue weighted by atomic mass is 79.9. The number of hydrogen-bond acceptors (Lipinski definition) is 2. The summed E-state index contributed by atoms with van der Waals surface area (Å²) in [6.07, 6.45) is 1.19. The van der Waals surface area contributed by atoms with Gasteiger partial charge in [-0.15, -0.1) is 0 Å². The molecular weight excluding hydrogens is 326 g/mol. The first-order chi connectivity index (χ1) is 10.3. The summed E-state index contributed by atoms with van der Waals surface area (Å²) in [5.41, 5.74) is 2.40. The van der Waals surface area contributed by atoms with Gasteiger partial charge in [0.15, 0.2) is 0 Å². The predicted octanol–water partition coefficient (Wildman–Crippen LogP) is 4.71. The molecule has 0 heterocycles. The molecule has 0 aliphatic heterocycles. The lowest BCUT2D eigenvalue weighted by molar-refractivity contribution is 0.0399. The van der Waals surface area contributed by atoms with E-state index >= 15 is 0 Å². The maximum absolute atomic E-state index is 6.13. The molecule has 1 atom stereocenters. The summed E-state index contributed by atoms with van der Waals surface area (Å²) in [6.45, 7) is 4.65. The van der Waals surface area contributed by atoms with Crippen LogP contribution in [0.15, 0.2) is 59.1 Å². The maximum Gasteiger partial charge on any atom is 0.0954 e. The SMILES string of the molecule is CCCNCC(OCc1ccccc1)c1cccc(Br)c1. The van der Waals surface area contributed by atoms with E-state index in [1.807, 2.05) is 24.3 Å². The Hall–Kier alpha value is -1.16. The Morgan fingerprint density at radius 1 is 1.10 bits per heavy atom. The van der Waals surface area contributed by atoms with Crippen molar-refractivity contribution in [1.82, 2.24) is 5.32 Å². The van der Waals surface area contributed by atoms with Gasteiger partial charge in [-0.25, -0.2) is 0 Å². The molecule has 0 spiro atoms. The van der Waals surface area contributed by atoms with Crippen LogP contribution < -0.4 is 5.32 Å². The van der Waals surface area contributed by atoms with Gasteiger partial charge >= 0.3 is 0 Å². The van der Waals surface area contributed by atoms with E-state index in [1.54, 1.807) is 0 Å². The van der Waals surface area contributed by atoms with Crippen LogP contribution in [0.2, 0.25) is 0 Å². The summed E-state index contributed by atoms with van der Waals surface area (Å²) < 4.78 is 7.22. The van der Waals surface area contributed by atoms with Crippen molar-refractivity contribution >= 4 is 15.9 Å². The molecule has 0 saturated heterocycles. The third kappa shape index (κ3) is 5.62. The van der Waals surface area contributed by atoms with E-state index in [1.165, 1.54) is 11.1 Å². The third-order valence-electron chi connectivity index (χ3n) is 3.27. The molecule has 0 radical (unpaired) electrons. The van der Waals surface area contributed by atoms with Crippen LogP contribution in [0.3, 0.4) is 0 Å². The molecule has 1 N–H and O–H groups in total. The average molecular weight is 348 g/mol. The van der Waals surface area contributed by atoms with Crippen LogP contribution in [0.25, 0.3) is 0 Å². The zero-order valence-electron chi connectivity index (χ0n) is 12.4. The Morgan fingerprint density at radius 2 is 1.90 bits per heavy atom. The van der Waals surface area contributed by atoms with E-state index in [4.69, 9.17) is 4.74 Å². The van der Waals surface area contributed by atoms with Crippen LogP contribution in [-0.4, -0.2) is 13.1 Å². The maximum atomic E-state index is 6.13. The Labute approximate surface area is 135 Å². The molecular formula is C18H22BrNO. The van der Waals surface area contributed by atoms with Gasteiger partial charge in [0.1, 0.15) is 0 Å². The topological polar surface area (TPSA) is 21.3 Å². The number of halogens is 1. The molecule has 0 aliphatic carbocycles. The van der Waals surface area contributed by atoms with Gasteiger partial charge in [-0.3, -0.25) is 0 Å². The Balaban J connectivity index is 2.01. The molecule has 1 unspecified atom stereocenters. The van der Waals surface area contributed by atoms with Crippen molar-refractivity contribution in [2.24, 2.45) is 0 Å². The van der Waals surface area contributed by atoms with E-state index in [0.717, 1.165) is 24.0 Å². The lowest BCUT2D eigenvalue weighted by Crippen LogP contribution is -2.24. The number of ether oxygens (including phenoxy) is 1. The van der Waals surface area contributed by atoms with E-state index in [2.05, 4.69) is 58.5 Å². The van der Waals surface area contributed by atoms with Crippen molar-refractivity contribution in [3.63, 3.8) is 0 Å². The average Bonchev–Trinajstić information content (AvgIpc) is 2.52. The van der Waals surface area contributed by atoms with Gasteiger partial charge in [-0.1, -0.05) is 65.3 Å². The molecule has 0 saturated carbocycles. The minimum absolute atomic E-state index is 0.0641. The van der Waals surface area contributed by atoms with Gasteiger partial charge in [-0.2, -0.15) is 0 Å². The van der Waals surface area contributed by atoms with Gasteiger partial charge in [0.25, 0.3) is 0 Å². The van der Waals surface area contributed by atoms with Gasteiger partial charge in [0.2, 0.25) is 0 Å². The fraction of sp³-hybridized carbons (Fsp3) is 0.333. The lowest BCUT2D eigenvalue weighted by atomic mass is 10.1. The van der Waals surface area contributed by atoms with Gasteiger partial charge in [0.05, 0.1) is 12.7 Å². The van der Waals surface area contributed by atoms with Crippen LogP contribution in [0.1, 0.15) is 30.6 Å². The number of benzene rings is 2. The van der Waals surface area contributed by atoms with Crippen molar-refractivity contribution in [1.29, 1.82) is 0 Å². The second-order valence-electron chi connectivity index (χ2n) is 5.04. The predicted molar refractivity (Wildman–Crippen MR) is 91.3 cm³/mol. The summed E-state index contributed by atoms with van der Waals surface area (Å²) in [5, 5.41) is 3.45. The molecule has 0 aromatic heterocycles. The van der Waals surface area contributed by atoms with E-state index in [0.29, 0.717) is 6.61 Å². The van der Waals surface area contributed by atoms with Crippen LogP contribution >= 0.6 is 15.9 Å². The molecule has 0 aliphatic rings. The van der Waals surface area contributed by atoms with Crippen molar-refractivity contribution in [3.05, 3.63) is 70.2 Å². The monoisotopic (exact) mass is 347 g/mol. The van der Waals surface area contributed by atoms with Gasteiger partial charge in [0, 0.05) is 11.0 Å². The minimum atomic E-state index is 0.0641. The van der Waals surface area contributed by atoms with E-state index in [-0.39, 0.29) is 6.10 Å². The largest absolute Gasteiger partial charge is 0.368 e. The van der Waals surface area contributed by atoms with Crippen LogP contribution in [0.4, 0.5) is 0 Å². The molecule has 0 fully saturated rings. The normalized spacial score (nSPS) is 12.3. The molecule has 0 bridgehead atoms. The zero-order chi connectivity index (χ0) is 14.9. The highest BCUT2D eigenvalue weighted by Gasteiger charge is 2.12. The molecule has 2 aromatic rings. The van der Waals surface area contributed by atoms with Crippen LogP contribution in [-0.2, 0) is 11.3 Å². The molecule has 3 heteroatoms. The van der Waals surface area contributed by atoms with Gasteiger partial charge in [-0.05, 0) is 36.2 Å². The smallest absolute Gasteiger partial charge is 0.0954 e. The molecule has 2 aromatic carbocycles. The van der Waals surface area contributed by atoms with Crippen molar-refractivity contribution in [2.75, 3.05) is 13.1 Å². The van der Waals surface area contributed by atoms with Crippen molar-refractivity contribution in [3.8, 4) is 0 Å². The fourth-order valence-corrected chi connectivity index (χ4v) is 2.58. The van der Waals surface area contributed by atoms with Crippen LogP contribution in [0.5, 0.6) is 0 Å². The lowest BCUT2D eigenvalue weighted by Gasteiger charge is -2.19. The number of hydrogen-bond donors (Lipinski definition) is 1. The first kappa shape index (κ1) is 16.2. The zero-order valence-corrected chi connectivity index (χ0v) is 14.0. The first-order valence-electron chi connectivity index (χ1n) is 7.41. The highest BCUT2D eigenvalue weighted by Crippen LogP contribution is 2.22. The van der Waals surface area contributed by atoms with Crippen molar-refractivity contribution < 1.29 is 4.74 Å². The standard InChI is InChI=1S/C18H22BrNO/c1-2-11-20-13-18(16-9-6-10-17(19)12-16)21-14-15-7-4-3-5-8-15/h3-10,12,18,20H,2,11,13-14H2,1H3. The quantitative estimate of drug-likeness (QED) is 0.698. The Kier molecular flexibility index (Phi) is 6.93. The second kappa shape index (κ2) is 8.98. The van der Waals surface area contributed by atoms with E-state index < -0.39 is 0 Å². The summed E-state index contributed by atoms with van der Waals surface area (Å²) in [6, 6.07) is 18.6. The molecule has 21 heavy (non-hydrogen) atoms. The summed E-state index contributed by atoms with van der Waals surface area (Å²) in [4.78, 5) is 0. The third-order valence-corrected chi connectivity index (χ3v) is 3.76. The van der Waals surface area contributed by atoms with Crippen molar-refractivity contribution in [2.45, 2.75) is 26.1 Å². The van der Waals surface area contributed by atoms with Gasteiger partial charge < -0.3 is 10.1 Å². The summed E-state index contributed by atoms with van der Waals surface area (Å²) in [5.74, 6) is 0. The second-order valence-corrected chi connectivity index (χ2v) is 5.96. The summed E-state index contributed by atoms with van der Waals surface area (Å²) >= 11 is 3.53. The Bertz CT molecular complexity index is 530. The Morgan fingerprint density at radius 3 is 2.62 bits per heavy atom. The number of nitrogens with one attached hydrogen (secondary N) is 1.